The Balaban J connectivity index is 1.09. The third-order valence-corrected chi connectivity index (χ3v) is 11.6. The van der Waals surface area contributed by atoms with Crippen molar-refractivity contribution in [3.8, 4) is 33.4 Å². The van der Waals surface area contributed by atoms with Gasteiger partial charge in [-0.15, -0.1) is 0 Å². The smallest absolute Gasteiger partial charge is 0.160 e. The van der Waals surface area contributed by atoms with Crippen LogP contribution in [0.3, 0.4) is 0 Å². The van der Waals surface area contributed by atoms with Crippen LogP contribution < -0.4 is 0 Å². The first kappa shape index (κ1) is 31.5. The Labute approximate surface area is 319 Å². The Morgan fingerprint density at radius 2 is 1.15 bits per heavy atom. The second-order valence-electron chi connectivity index (χ2n) is 14.8. The van der Waals surface area contributed by atoms with Crippen LogP contribution in [0.1, 0.15) is 36.5 Å². The largest absolute Gasteiger partial charge is 0.264 e. The van der Waals surface area contributed by atoms with E-state index >= 15 is 0 Å². The molecule has 0 N–H and O–H groups in total. The van der Waals surface area contributed by atoms with Crippen LogP contribution in [-0.2, 0) is 0 Å². The van der Waals surface area contributed by atoms with Gasteiger partial charge in [-0.05, 0) is 126 Å². The van der Waals surface area contributed by atoms with Crippen molar-refractivity contribution in [2.24, 2.45) is 9.98 Å². The molecule has 3 heteroatoms. The van der Waals surface area contributed by atoms with E-state index in [-0.39, 0.29) is 0 Å². The molecular weight excluding hydrogens is 667 g/mol. The summed E-state index contributed by atoms with van der Waals surface area (Å²) >= 11 is 0. The quantitative estimate of drug-likeness (QED) is 0.168. The zero-order chi connectivity index (χ0) is 36.5. The summed E-state index contributed by atoms with van der Waals surface area (Å²) in [5, 5.41) is 9.68. The number of amidine groups is 1. The van der Waals surface area contributed by atoms with E-state index < -0.39 is 0 Å². The maximum absolute atomic E-state index is 5.58. The average Bonchev–Trinajstić information content (AvgIpc) is 3.56. The Bertz CT molecular complexity index is 3140. The van der Waals surface area contributed by atoms with Gasteiger partial charge in [0.15, 0.2) is 5.84 Å². The zero-order valence-corrected chi connectivity index (χ0v) is 30.4. The Morgan fingerprint density at radius 3 is 2.04 bits per heavy atom. The van der Waals surface area contributed by atoms with Crippen LogP contribution in [0.15, 0.2) is 186 Å². The van der Waals surface area contributed by atoms with Gasteiger partial charge in [0.1, 0.15) is 0 Å². The lowest BCUT2D eigenvalue weighted by atomic mass is 9.93. The molecule has 258 valence electrons. The van der Waals surface area contributed by atoms with Crippen molar-refractivity contribution in [2.75, 3.05) is 0 Å². The minimum Gasteiger partial charge on any atom is -0.264 e. The van der Waals surface area contributed by atoms with E-state index in [9.17, 15) is 0 Å². The van der Waals surface area contributed by atoms with E-state index in [1.807, 2.05) is 12.4 Å². The highest BCUT2D eigenvalue weighted by molar-refractivity contribution is 6.27. The van der Waals surface area contributed by atoms with Gasteiger partial charge in [-0.2, -0.15) is 0 Å². The predicted molar refractivity (Wildman–Crippen MR) is 232 cm³/mol. The molecule has 1 aliphatic heterocycles. The number of allylic oxidation sites excluding steroid dienone is 1. The predicted octanol–water partition coefficient (Wildman–Crippen LogP) is 13.5. The Morgan fingerprint density at radius 1 is 0.418 bits per heavy atom. The SMILES string of the molecule is C/C1=C(/c2cccc(-c3ccc4c(c3)-c3cccc5cccc-4c35)c2)N=C(c2cc3ccc4ccccc4c3c3ccncc23)N=C(c2ccccc2)CC1. The minimum atomic E-state index is 0.703. The van der Waals surface area contributed by atoms with Crippen LogP contribution in [0.2, 0.25) is 0 Å². The fraction of sp³-hybridized carbons (Fsp3) is 0.0577. The summed E-state index contributed by atoms with van der Waals surface area (Å²) in [4.78, 5) is 15.7. The Kier molecular flexibility index (Phi) is 7.21. The average molecular weight is 702 g/mol. The lowest BCUT2D eigenvalue weighted by Gasteiger charge is -2.18. The first-order valence-electron chi connectivity index (χ1n) is 19.1. The minimum absolute atomic E-state index is 0.703. The van der Waals surface area contributed by atoms with Gasteiger partial charge >= 0.3 is 0 Å². The molecule has 0 unspecified atom stereocenters. The number of hydrogen-bond acceptors (Lipinski definition) is 3. The molecule has 11 rings (SSSR count). The molecule has 0 bridgehead atoms. The summed E-state index contributed by atoms with van der Waals surface area (Å²) in [5.41, 5.74) is 14.0. The number of rotatable bonds is 4. The summed E-state index contributed by atoms with van der Waals surface area (Å²) in [7, 11) is 0. The molecule has 1 aliphatic carbocycles. The highest BCUT2D eigenvalue weighted by atomic mass is 14.9. The van der Waals surface area contributed by atoms with E-state index in [4.69, 9.17) is 9.98 Å². The molecule has 0 amide bonds. The molecule has 0 radical (unpaired) electrons. The van der Waals surface area contributed by atoms with E-state index in [1.165, 1.54) is 65.9 Å². The molecule has 9 aromatic rings. The molecule has 0 spiro atoms. The standard InChI is InChI=1S/C52H35N3/c1-32-20-25-48(34-11-3-2-4-12-34)54-52(46-30-38-22-21-33-10-5-6-17-40(33)50(38)44-26-27-53-31-47(44)46)55-51(32)39-16-7-15-36(28-39)37-23-24-41-42-18-8-13-35-14-9-19-43(49(35)42)45(41)29-37/h2-19,21-24,26-31H,20,25H2,1H3/b51-32+,54-48?,55-52?. The fourth-order valence-corrected chi connectivity index (χ4v) is 8.88. The summed E-state index contributed by atoms with van der Waals surface area (Å²) in [5.74, 6) is 0.703. The second kappa shape index (κ2) is 12.6. The van der Waals surface area contributed by atoms with Gasteiger partial charge in [0, 0.05) is 28.9 Å². The van der Waals surface area contributed by atoms with Gasteiger partial charge in [0.25, 0.3) is 0 Å². The molecule has 0 saturated heterocycles. The first-order chi connectivity index (χ1) is 27.2. The van der Waals surface area contributed by atoms with E-state index in [0.717, 1.165) is 57.1 Å². The summed E-state index contributed by atoms with van der Waals surface area (Å²) in [6, 6.07) is 57.1. The van der Waals surface area contributed by atoms with Crippen molar-refractivity contribution >= 4 is 60.3 Å². The third-order valence-electron chi connectivity index (χ3n) is 11.6. The van der Waals surface area contributed by atoms with Crippen LogP contribution in [0.4, 0.5) is 0 Å². The second-order valence-corrected chi connectivity index (χ2v) is 14.8. The van der Waals surface area contributed by atoms with Gasteiger partial charge < -0.3 is 0 Å². The van der Waals surface area contributed by atoms with Crippen molar-refractivity contribution in [1.82, 2.24) is 4.98 Å². The monoisotopic (exact) mass is 701 g/mol. The summed E-state index contributed by atoms with van der Waals surface area (Å²) in [6.45, 7) is 2.23. The van der Waals surface area contributed by atoms with Crippen LogP contribution in [0.5, 0.6) is 0 Å². The molecular formula is C52H35N3. The van der Waals surface area contributed by atoms with E-state index in [0.29, 0.717) is 5.84 Å². The van der Waals surface area contributed by atoms with Gasteiger partial charge in [-0.25, -0.2) is 9.98 Å². The van der Waals surface area contributed by atoms with Gasteiger partial charge in [0.05, 0.1) is 11.4 Å². The number of aliphatic imine (C=N–C) groups is 2. The van der Waals surface area contributed by atoms with Crippen molar-refractivity contribution in [2.45, 2.75) is 19.8 Å². The number of benzene rings is 8. The number of hydrogen-bond donors (Lipinski definition) is 0. The summed E-state index contributed by atoms with van der Waals surface area (Å²) < 4.78 is 0. The highest BCUT2D eigenvalue weighted by Crippen LogP contribution is 2.48. The number of pyridine rings is 1. The zero-order valence-electron chi connectivity index (χ0n) is 30.4. The van der Waals surface area contributed by atoms with Crippen LogP contribution in [0, 0.1) is 0 Å². The fourth-order valence-electron chi connectivity index (χ4n) is 8.88. The lowest BCUT2D eigenvalue weighted by Crippen LogP contribution is -2.11. The number of nitrogens with zero attached hydrogens (tertiary/aromatic N) is 3. The van der Waals surface area contributed by atoms with Crippen molar-refractivity contribution in [3.63, 3.8) is 0 Å². The van der Waals surface area contributed by atoms with E-state index in [2.05, 4.69) is 170 Å². The highest BCUT2D eigenvalue weighted by Gasteiger charge is 2.23. The number of fused-ring (bicyclic) bond motifs is 8. The van der Waals surface area contributed by atoms with Gasteiger partial charge in [-0.1, -0.05) is 133 Å². The van der Waals surface area contributed by atoms with Crippen LogP contribution in [0.25, 0.3) is 82.2 Å². The van der Waals surface area contributed by atoms with Gasteiger partial charge in [0.2, 0.25) is 0 Å². The summed E-state index contributed by atoms with van der Waals surface area (Å²) in [6.07, 6.45) is 5.54. The molecule has 3 nitrogen and oxygen atoms in total. The van der Waals surface area contributed by atoms with Crippen LogP contribution in [-0.4, -0.2) is 16.5 Å². The van der Waals surface area contributed by atoms with E-state index in [1.54, 1.807) is 0 Å². The first-order valence-corrected chi connectivity index (χ1v) is 19.1. The lowest BCUT2D eigenvalue weighted by molar-refractivity contribution is 1.00. The molecule has 55 heavy (non-hydrogen) atoms. The van der Waals surface area contributed by atoms with Crippen molar-refractivity contribution in [3.05, 3.63) is 192 Å². The molecule has 0 fully saturated rings. The normalized spacial score (nSPS) is 15.2. The molecule has 2 heterocycles. The van der Waals surface area contributed by atoms with Crippen molar-refractivity contribution < 1.29 is 0 Å². The third kappa shape index (κ3) is 5.15. The molecule has 8 aromatic carbocycles. The topological polar surface area (TPSA) is 37.6 Å². The van der Waals surface area contributed by atoms with Crippen molar-refractivity contribution in [1.29, 1.82) is 0 Å². The number of aromatic nitrogens is 1. The van der Waals surface area contributed by atoms with Gasteiger partial charge in [-0.3, -0.25) is 4.98 Å². The molecule has 0 atom stereocenters. The maximum atomic E-state index is 5.58. The molecule has 2 aliphatic rings. The molecule has 0 saturated carbocycles. The van der Waals surface area contributed by atoms with Crippen LogP contribution >= 0.6 is 0 Å². The Hall–Kier alpha value is -6.97. The molecule has 1 aromatic heterocycles. The maximum Gasteiger partial charge on any atom is 0.160 e.